The molecule has 1 aliphatic rings. The molecule has 0 radical (unpaired) electrons. The third kappa shape index (κ3) is 4.27. The monoisotopic (exact) mass is 328 g/mol. The molecule has 1 heterocycles. The third-order valence-electron chi connectivity index (χ3n) is 3.89. The largest absolute Gasteiger partial charge is 0.352 e. The summed E-state index contributed by atoms with van der Waals surface area (Å²) in [7, 11) is -3.25. The summed E-state index contributed by atoms with van der Waals surface area (Å²) in [5, 5.41) is 2.80. The van der Waals surface area contributed by atoms with E-state index in [0.29, 0.717) is 25.9 Å². The van der Waals surface area contributed by atoms with Crippen LogP contribution < -0.4 is 5.32 Å². The second kappa shape index (κ2) is 7.19. The Kier molecular flexibility index (Phi) is 5.52. The van der Waals surface area contributed by atoms with E-state index in [4.69, 9.17) is 0 Å². The van der Waals surface area contributed by atoms with Crippen LogP contribution in [0.15, 0.2) is 24.3 Å². The number of nitrogens with zero attached hydrogens (tertiary/aromatic N) is 1. The van der Waals surface area contributed by atoms with Gasteiger partial charge in [0.25, 0.3) is 0 Å². The molecule has 1 fully saturated rings. The van der Waals surface area contributed by atoms with E-state index in [1.165, 1.54) is 16.4 Å². The summed E-state index contributed by atoms with van der Waals surface area (Å²) >= 11 is 0. The number of hydrogen-bond donors (Lipinski definition) is 1. The van der Waals surface area contributed by atoms with Gasteiger partial charge in [0.2, 0.25) is 15.9 Å². The Balaban J connectivity index is 1.90. The first-order valence-corrected chi connectivity index (χ1v) is 9.03. The molecule has 22 heavy (non-hydrogen) atoms. The average Bonchev–Trinajstić information content (AvgIpc) is 2.54. The van der Waals surface area contributed by atoms with Gasteiger partial charge in [0, 0.05) is 19.6 Å². The van der Waals surface area contributed by atoms with Crippen LogP contribution in [0.4, 0.5) is 4.39 Å². The van der Waals surface area contributed by atoms with Crippen molar-refractivity contribution in [2.45, 2.75) is 26.3 Å². The maximum absolute atomic E-state index is 12.8. The average molecular weight is 328 g/mol. The first-order valence-electron chi connectivity index (χ1n) is 7.42. The molecule has 1 aromatic carbocycles. The molecule has 2 rings (SSSR count). The van der Waals surface area contributed by atoms with Crippen molar-refractivity contribution >= 4 is 15.9 Å². The molecule has 0 aliphatic carbocycles. The summed E-state index contributed by atoms with van der Waals surface area (Å²) in [4.78, 5) is 12.2. The van der Waals surface area contributed by atoms with Crippen LogP contribution in [0.5, 0.6) is 0 Å². The van der Waals surface area contributed by atoms with E-state index in [0.717, 1.165) is 5.56 Å². The van der Waals surface area contributed by atoms with Crippen molar-refractivity contribution in [3.8, 4) is 0 Å². The van der Waals surface area contributed by atoms with Crippen molar-refractivity contribution in [1.29, 1.82) is 0 Å². The molecule has 1 aromatic rings. The molecule has 122 valence electrons. The van der Waals surface area contributed by atoms with Crippen LogP contribution in [0.3, 0.4) is 0 Å². The molecule has 0 spiro atoms. The minimum Gasteiger partial charge on any atom is -0.352 e. The molecule has 7 heteroatoms. The number of carbonyl (C=O) groups excluding carboxylic acids is 1. The lowest BCUT2D eigenvalue weighted by atomic mass is 9.99. The lowest BCUT2D eigenvalue weighted by molar-refractivity contribution is -0.126. The van der Waals surface area contributed by atoms with E-state index in [1.54, 1.807) is 19.1 Å². The van der Waals surface area contributed by atoms with Crippen LogP contribution >= 0.6 is 0 Å². The highest BCUT2D eigenvalue weighted by molar-refractivity contribution is 7.89. The number of amides is 1. The molecule has 1 unspecified atom stereocenters. The normalized spacial score (nSPS) is 19.8. The Morgan fingerprint density at radius 2 is 2.05 bits per heavy atom. The summed E-state index contributed by atoms with van der Waals surface area (Å²) in [6, 6.07) is 5.92. The van der Waals surface area contributed by atoms with E-state index in [1.807, 2.05) is 0 Å². The number of rotatable bonds is 5. The van der Waals surface area contributed by atoms with Crippen LogP contribution in [-0.2, 0) is 21.4 Å². The van der Waals surface area contributed by atoms with Crippen molar-refractivity contribution in [1.82, 2.24) is 9.62 Å². The molecule has 1 aliphatic heterocycles. The molecular weight excluding hydrogens is 307 g/mol. The highest BCUT2D eigenvalue weighted by Crippen LogP contribution is 2.19. The van der Waals surface area contributed by atoms with Crippen molar-refractivity contribution in [2.24, 2.45) is 5.92 Å². The van der Waals surface area contributed by atoms with Gasteiger partial charge in [0.1, 0.15) is 5.82 Å². The van der Waals surface area contributed by atoms with E-state index in [2.05, 4.69) is 5.32 Å². The molecule has 0 bridgehead atoms. The standard InChI is InChI=1S/C15H21FN2O3S/c1-2-22(20,21)18-9-3-4-13(11-18)15(19)17-10-12-5-7-14(16)8-6-12/h5-8,13H,2-4,9-11H2,1H3,(H,17,19). The van der Waals surface area contributed by atoms with E-state index in [9.17, 15) is 17.6 Å². The molecule has 1 saturated heterocycles. The van der Waals surface area contributed by atoms with Crippen LogP contribution in [0.25, 0.3) is 0 Å². The molecule has 1 atom stereocenters. The van der Waals surface area contributed by atoms with Gasteiger partial charge in [-0.2, -0.15) is 0 Å². The minimum absolute atomic E-state index is 0.0525. The van der Waals surface area contributed by atoms with E-state index >= 15 is 0 Å². The summed E-state index contributed by atoms with van der Waals surface area (Å²) in [6.07, 6.45) is 1.37. The summed E-state index contributed by atoms with van der Waals surface area (Å²) in [5.41, 5.74) is 0.809. The number of sulfonamides is 1. The maximum Gasteiger partial charge on any atom is 0.224 e. The Hall–Kier alpha value is -1.47. The van der Waals surface area contributed by atoms with Crippen LogP contribution in [-0.4, -0.2) is 37.5 Å². The highest BCUT2D eigenvalue weighted by atomic mass is 32.2. The zero-order chi connectivity index (χ0) is 16.2. The first kappa shape index (κ1) is 16.9. The number of halogens is 1. The van der Waals surface area contributed by atoms with Crippen LogP contribution in [0, 0.1) is 11.7 Å². The Bertz CT molecular complexity index is 616. The molecular formula is C15H21FN2O3S. The van der Waals surface area contributed by atoms with Gasteiger partial charge in [0.05, 0.1) is 11.7 Å². The molecule has 0 aromatic heterocycles. The summed E-state index contributed by atoms with van der Waals surface area (Å²) < 4.78 is 38.0. The van der Waals surface area contributed by atoms with Crippen molar-refractivity contribution in [2.75, 3.05) is 18.8 Å². The maximum atomic E-state index is 12.8. The van der Waals surface area contributed by atoms with Gasteiger partial charge in [-0.25, -0.2) is 17.1 Å². The number of hydrogen-bond acceptors (Lipinski definition) is 3. The van der Waals surface area contributed by atoms with Crippen LogP contribution in [0.1, 0.15) is 25.3 Å². The number of piperidine rings is 1. The first-order chi connectivity index (χ1) is 10.4. The highest BCUT2D eigenvalue weighted by Gasteiger charge is 2.31. The van der Waals surface area contributed by atoms with E-state index in [-0.39, 0.29) is 29.9 Å². The SMILES string of the molecule is CCS(=O)(=O)N1CCCC(C(=O)NCc2ccc(F)cc2)C1. The fourth-order valence-electron chi connectivity index (χ4n) is 2.53. The van der Waals surface area contributed by atoms with Gasteiger partial charge in [-0.15, -0.1) is 0 Å². The summed E-state index contributed by atoms with van der Waals surface area (Å²) in [5.74, 6) is -0.740. The third-order valence-corrected chi connectivity index (χ3v) is 5.74. The van der Waals surface area contributed by atoms with Gasteiger partial charge in [0.15, 0.2) is 0 Å². The zero-order valence-electron chi connectivity index (χ0n) is 12.6. The Morgan fingerprint density at radius 1 is 1.36 bits per heavy atom. The minimum atomic E-state index is -3.25. The Morgan fingerprint density at radius 3 is 2.68 bits per heavy atom. The van der Waals surface area contributed by atoms with Crippen molar-refractivity contribution < 1.29 is 17.6 Å². The molecule has 0 saturated carbocycles. The number of carbonyl (C=O) groups is 1. The number of benzene rings is 1. The van der Waals surface area contributed by atoms with Crippen molar-refractivity contribution in [3.63, 3.8) is 0 Å². The lowest BCUT2D eigenvalue weighted by Gasteiger charge is -2.30. The second-order valence-corrected chi connectivity index (χ2v) is 7.70. The van der Waals surface area contributed by atoms with Gasteiger partial charge in [-0.3, -0.25) is 4.79 Å². The summed E-state index contributed by atoms with van der Waals surface area (Å²) in [6.45, 7) is 2.65. The Labute approximate surface area is 130 Å². The second-order valence-electron chi connectivity index (χ2n) is 5.44. The van der Waals surface area contributed by atoms with Gasteiger partial charge in [-0.1, -0.05) is 12.1 Å². The zero-order valence-corrected chi connectivity index (χ0v) is 13.4. The predicted molar refractivity (Wildman–Crippen MR) is 82.0 cm³/mol. The molecule has 5 nitrogen and oxygen atoms in total. The topological polar surface area (TPSA) is 66.5 Å². The smallest absolute Gasteiger partial charge is 0.224 e. The fraction of sp³-hybridized carbons (Fsp3) is 0.533. The van der Waals surface area contributed by atoms with Crippen molar-refractivity contribution in [3.05, 3.63) is 35.6 Å². The fourth-order valence-corrected chi connectivity index (χ4v) is 3.71. The van der Waals surface area contributed by atoms with Gasteiger partial charge >= 0.3 is 0 Å². The molecule has 1 N–H and O–H groups in total. The van der Waals surface area contributed by atoms with Gasteiger partial charge < -0.3 is 5.32 Å². The predicted octanol–water partition coefficient (Wildman–Crippen LogP) is 1.50. The van der Waals surface area contributed by atoms with Gasteiger partial charge in [-0.05, 0) is 37.5 Å². The van der Waals surface area contributed by atoms with E-state index < -0.39 is 10.0 Å². The molecule has 1 amide bonds. The quantitative estimate of drug-likeness (QED) is 0.891. The number of nitrogens with one attached hydrogen (secondary N) is 1. The van der Waals surface area contributed by atoms with Crippen LogP contribution in [0.2, 0.25) is 0 Å². The lowest BCUT2D eigenvalue weighted by Crippen LogP contribution is -2.45.